The standard InChI is InChI=1S/C28H29F3N4O/c1-19-14-21(16-23(15-19)28(29,30)31)20(2)36-18-27(22-8-5-4-6-9-22)12-11-24(17-34-27)35-26-25(32-3)10-7-13-33-26/h4-10,13-16,20,24,34H,11-12,17-18H2,1-2H3,(H,33,35)/t20-,24?,27-/m1/s1. The zero-order chi connectivity index (χ0) is 25.8. The van der Waals surface area contributed by atoms with Gasteiger partial charge in [0, 0.05) is 18.8 Å². The van der Waals surface area contributed by atoms with Crippen molar-refractivity contribution >= 4 is 11.5 Å². The van der Waals surface area contributed by atoms with E-state index in [1.54, 1.807) is 38.2 Å². The molecule has 8 heteroatoms. The Balaban J connectivity index is 1.49. The molecule has 0 aliphatic carbocycles. The molecule has 1 saturated heterocycles. The van der Waals surface area contributed by atoms with E-state index in [1.807, 2.05) is 30.3 Å². The number of aromatic nitrogens is 1. The number of halogens is 3. The van der Waals surface area contributed by atoms with E-state index in [1.165, 1.54) is 6.07 Å². The monoisotopic (exact) mass is 494 g/mol. The average Bonchev–Trinajstić information content (AvgIpc) is 2.88. The molecule has 2 heterocycles. The molecule has 3 atom stereocenters. The van der Waals surface area contributed by atoms with E-state index in [0.717, 1.165) is 24.5 Å². The number of benzene rings is 2. The van der Waals surface area contributed by atoms with Crippen molar-refractivity contribution in [3.63, 3.8) is 0 Å². The zero-order valence-electron chi connectivity index (χ0n) is 20.3. The molecule has 2 N–H and O–H groups in total. The van der Waals surface area contributed by atoms with Crippen LogP contribution in [0, 0.1) is 13.5 Å². The van der Waals surface area contributed by atoms with E-state index < -0.39 is 23.4 Å². The molecular formula is C28H29F3N4O. The maximum Gasteiger partial charge on any atom is 0.416 e. The minimum Gasteiger partial charge on any atom is -0.375 e. The highest BCUT2D eigenvalue weighted by atomic mass is 19.4. The zero-order valence-corrected chi connectivity index (χ0v) is 20.3. The molecule has 1 fully saturated rings. The number of alkyl halides is 3. The Morgan fingerprint density at radius 2 is 1.97 bits per heavy atom. The van der Waals surface area contributed by atoms with Gasteiger partial charge in [0.2, 0.25) is 5.69 Å². The molecule has 1 aliphatic heterocycles. The predicted molar refractivity (Wildman–Crippen MR) is 134 cm³/mol. The largest absolute Gasteiger partial charge is 0.416 e. The van der Waals surface area contributed by atoms with Crippen LogP contribution in [0.3, 0.4) is 0 Å². The van der Waals surface area contributed by atoms with Crippen LogP contribution in [0.15, 0.2) is 66.9 Å². The van der Waals surface area contributed by atoms with Crippen LogP contribution in [0.1, 0.15) is 48.1 Å². The lowest BCUT2D eigenvalue weighted by molar-refractivity contribution is -0.137. The minimum atomic E-state index is -4.40. The summed E-state index contributed by atoms with van der Waals surface area (Å²) in [6.45, 7) is 11.7. The van der Waals surface area contributed by atoms with Gasteiger partial charge in [-0.15, -0.1) is 0 Å². The second kappa shape index (κ2) is 10.7. The van der Waals surface area contributed by atoms with Crippen LogP contribution in [-0.2, 0) is 16.5 Å². The summed E-state index contributed by atoms with van der Waals surface area (Å²) in [4.78, 5) is 7.84. The third kappa shape index (κ3) is 5.86. The molecule has 0 amide bonds. The van der Waals surface area contributed by atoms with E-state index in [-0.39, 0.29) is 6.04 Å². The van der Waals surface area contributed by atoms with Crippen LogP contribution in [0.4, 0.5) is 24.7 Å². The van der Waals surface area contributed by atoms with E-state index in [9.17, 15) is 13.2 Å². The van der Waals surface area contributed by atoms with Crippen molar-refractivity contribution in [2.75, 3.05) is 18.5 Å². The molecule has 36 heavy (non-hydrogen) atoms. The second-order valence-electron chi connectivity index (χ2n) is 9.28. The fourth-order valence-corrected chi connectivity index (χ4v) is 4.63. The molecule has 4 rings (SSSR count). The normalized spacial score (nSPS) is 20.9. The highest BCUT2D eigenvalue weighted by Crippen LogP contribution is 2.36. The predicted octanol–water partition coefficient (Wildman–Crippen LogP) is 6.80. The molecule has 1 unspecified atom stereocenters. The summed E-state index contributed by atoms with van der Waals surface area (Å²) in [5, 5.41) is 7.01. The summed E-state index contributed by atoms with van der Waals surface area (Å²) in [6.07, 6.45) is -1.72. The summed E-state index contributed by atoms with van der Waals surface area (Å²) in [5.41, 5.74) is 1.44. The molecule has 1 aromatic heterocycles. The van der Waals surface area contributed by atoms with Crippen molar-refractivity contribution in [2.24, 2.45) is 0 Å². The number of rotatable bonds is 7. The smallest absolute Gasteiger partial charge is 0.375 e. The van der Waals surface area contributed by atoms with Gasteiger partial charge in [-0.25, -0.2) is 4.85 Å². The number of hydrogen-bond acceptors (Lipinski definition) is 4. The lowest BCUT2D eigenvalue weighted by Gasteiger charge is -2.42. The Hall–Kier alpha value is -3.41. The first kappa shape index (κ1) is 25.7. The van der Waals surface area contributed by atoms with Crippen molar-refractivity contribution < 1.29 is 17.9 Å². The summed E-state index contributed by atoms with van der Waals surface area (Å²) in [7, 11) is 0. The minimum absolute atomic E-state index is 0.0702. The number of nitrogens with one attached hydrogen (secondary N) is 2. The SMILES string of the molecule is [C-]#[N+]c1cccnc1NC1CC[C@@](CO[C@H](C)c2cc(C)cc(C(F)(F)F)c2)(c2ccccc2)NC1. The lowest BCUT2D eigenvalue weighted by atomic mass is 9.81. The van der Waals surface area contributed by atoms with Crippen LogP contribution in [0.25, 0.3) is 4.85 Å². The third-order valence-electron chi connectivity index (χ3n) is 6.66. The second-order valence-corrected chi connectivity index (χ2v) is 9.28. The van der Waals surface area contributed by atoms with Gasteiger partial charge < -0.3 is 15.4 Å². The first-order valence-corrected chi connectivity index (χ1v) is 11.9. The van der Waals surface area contributed by atoms with E-state index in [4.69, 9.17) is 11.3 Å². The Bertz CT molecular complexity index is 1220. The Labute approximate surface area is 209 Å². The fraction of sp³-hybridized carbons (Fsp3) is 0.357. The average molecular weight is 495 g/mol. The summed E-state index contributed by atoms with van der Waals surface area (Å²) >= 11 is 0. The van der Waals surface area contributed by atoms with Crippen LogP contribution >= 0.6 is 0 Å². The van der Waals surface area contributed by atoms with Crippen LogP contribution in [0.2, 0.25) is 0 Å². The maximum atomic E-state index is 13.3. The molecule has 1 aliphatic rings. The number of pyridine rings is 1. The van der Waals surface area contributed by atoms with Gasteiger partial charge >= 0.3 is 6.18 Å². The number of hydrogen-bond donors (Lipinski definition) is 2. The Morgan fingerprint density at radius 3 is 2.64 bits per heavy atom. The fourth-order valence-electron chi connectivity index (χ4n) is 4.63. The topological polar surface area (TPSA) is 50.5 Å². The number of nitrogens with zero attached hydrogens (tertiary/aromatic N) is 2. The van der Waals surface area contributed by atoms with E-state index >= 15 is 0 Å². The maximum absolute atomic E-state index is 13.3. The number of piperidine rings is 1. The molecule has 0 saturated carbocycles. The van der Waals surface area contributed by atoms with Crippen molar-refractivity contribution in [3.8, 4) is 0 Å². The van der Waals surface area contributed by atoms with Gasteiger partial charge in [-0.1, -0.05) is 54.1 Å². The molecule has 0 bridgehead atoms. The molecule has 5 nitrogen and oxygen atoms in total. The van der Waals surface area contributed by atoms with Gasteiger partial charge in [-0.2, -0.15) is 13.2 Å². The summed E-state index contributed by atoms with van der Waals surface area (Å²) in [6, 6.07) is 17.6. The first-order valence-electron chi connectivity index (χ1n) is 11.9. The van der Waals surface area contributed by atoms with Crippen LogP contribution < -0.4 is 10.6 Å². The van der Waals surface area contributed by atoms with Crippen molar-refractivity contribution in [1.82, 2.24) is 10.3 Å². The highest BCUT2D eigenvalue weighted by molar-refractivity contribution is 5.65. The third-order valence-corrected chi connectivity index (χ3v) is 6.66. The molecule has 0 radical (unpaired) electrons. The van der Waals surface area contributed by atoms with Gasteiger partial charge in [0.05, 0.1) is 30.4 Å². The summed E-state index contributed by atoms with van der Waals surface area (Å²) in [5.74, 6) is 0.566. The van der Waals surface area contributed by atoms with Gasteiger partial charge in [0.25, 0.3) is 0 Å². The molecule has 2 aromatic carbocycles. The van der Waals surface area contributed by atoms with Crippen LogP contribution in [-0.4, -0.2) is 24.2 Å². The molecule has 0 spiro atoms. The first-order chi connectivity index (χ1) is 17.2. The quantitative estimate of drug-likeness (QED) is 0.355. The molecular weight excluding hydrogens is 465 g/mol. The van der Waals surface area contributed by atoms with Crippen molar-refractivity contribution in [3.05, 3.63) is 101 Å². The molecule has 188 valence electrons. The Morgan fingerprint density at radius 1 is 1.19 bits per heavy atom. The highest BCUT2D eigenvalue weighted by Gasteiger charge is 2.38. The number of ether oxygens (including phenoxy) is 1. The van der Waals surface area contributed by atoms with Crippen molar-refractivity contribution in [1.29, 1.82) is 0 Å². The van der Waals surface area contributed by atoms with Gasteiger partial charge in [0.1, 0.15) is 5.82 Å². The van der Waals surface area contributed by atoms with Crippen molar-refractivity contribution in [2.45, 2.75) is 50.6 Å². The number of anilines is 1. The Kier molecular flexibility index (Phi) is 7.62. The van der Waals surface area contributed by atoms with Gasteiger partial charge in [0.15, 0.2) is 0 Å². The van der Waals surface area contributed by atoms with Gasteiger partial charge in [-0.05, 0) is 49.9 Å². The van der Waals surface area contributed by atoms with Gasteiger partial charge in [-0.3, -0.25) is 4.98 Å². The lowest BCUT2D eigenvalue weighted by Crippen LogP contribution is -2.55. The molecule has 3 aromatic rings. The van der Waals surface area contributed by atoms with E-state index in [0.29, 0.717) is 35.8 Å². The van der Waals surface area contributed by atoms with Crippen LogP contribution in [0.5, 0.6) is 0 Å². The van der Waals surface area contributed by atoms with E-state index in [2.05, 4.69) is 20.5 Å². The number of aryl methyl sites for hydroxylation is 1. The summed E-state index contributed by atoms with van der Waals surface area (Å²) < 4.78 is 46.2.